The van der Waals surface area contributed by atoms with Crippen LogP contribution in [0.15, 0.2) is 35.2 Å². The number of hydrogen-bond acceptors (Lipinski definition) is 5. The Bertz CT molecular complexity index is 790. The zero-order valence-corrected chi connectivity index (χ0v) is 19.0. The molecular formula is C21H34N4O4S. The Morgan fingerprint density at radius 1 is 1.07 bits per heavy atom. The van der Waals surface area contributed by atoms with E-state index in [2.05, 4.69) is 31.0 Å². The molecule has 1 fully saturated rings. The molecule has 9 heteroatoms. The number of piperazine rings is 1. The third kappa shape index (κ3) is 6.78. The number of likely N-dealkylation sites (N-methyl/N-ethyl adjacent to an activating group) is 1. The molecule has 0 radical (unpaired) electrons. The summed E-state index contributed by atoms with van der Waals surface area (Å²) in [4.78, 5) is 28.6. The van der Waals surface area contributed by atoms with E-state index in [0.29, 0.717) is 25.7 Å². The summed E-state index contributed by atoms with van der Waals surface area (Å²) < 4.78 is 26.7. The van der Waals surface area contributed by atoms with Crippen LogP contribution in [0, 0.1) is 0 Å². The van der Waals surface area contributed by atoms with Crippen molar-refractivity contribution in [1.82, 2.24) is 19.4 Å². The first-order chi connectivity index (χ1) is 14.3. The van der Waals surface area contributed by atoms with E-state index in [-0.39, 0.29) is 42.6 Å². The van der Waals surface area contributed by atoms with Crippen molar-refractivity contribution >= 4 is 21.8 Å². The monoisotopic (exact) mass is 438 g/mol. The van der Waals surface area contributed by atoms with Crippen LogP contribution >= 0.6 is 0 Å². The zero-order valence-electron chi connectivity index (χ0n) is 18.2. The number of rotatable bonds is 10. The Kier molecular flexibility index (Phi) is 9.26. The molecule has 0 spiro atoms. The van der Waals surface area contributed by atoms with E-state index < -0.39 is 10.0 Å². The number of amides is 2. The fourth-order valence-corrected chi connectivity index (χ4v) is 4.95. The molecule has 0 unspecified atom stereocenters. The van der Waals surface area contributed by atoms with Crippen LogP contribution in [0.2, 0.25) is 0 Å². The molecule has 30 heavy (non-hydrogen) atoms. The molecule has 1 aliphatic heterocycles. The van der Waals surface area contributed by atoms with Crippen LogP contribution in [0.1, 0.15) is 33.6 Å². The number of carbonyl (C=O) groups is 2. The fourth-order valence-electron chi connectivity index (χ4n) is 3.51. The van der Waals surface area contributed by atoms with Gasteiger partial charge < -0.3 is 10.2 Å². The molecule has 1 aromatic rings. The van der Waals surface area contributed by atoms with Crippen molar-refractivity contribution in [2.45, 2.75) is 44.6 Å². The molecule has 0 bridgehead atoms. The second kappa shape index (κ2) is 11.4. The first-order valence-corrected chi connectivity index (χ1v) is 12.0. The van der Waals surface area contributed by atoms with Crippen molar-refractivity contribution in [3.63, 3.8) is 0 Å². The molecule has 1 heterocycles. The van der Waals surface area contributed by atoms with Crippen molar-refractivity contribution in [3.8, 4) is 0 Å². The molecule has 0 atom stereocenters. The summed E-state index contributed by atoms with van der Waals surface area (Å²) in [6, 6.07) is 8.74. The van der Waals surface area contributed by atoms with Crippen molar-refractivity contribution in [1.29, 1.82) is 0 Å². The van der Waals surface area contributed by atoms with Gasteiger partial charge >= 0.3 is 0 Å². The topological polar surface area (TPSA) is 90.0 Å². The maximum Gasteiger partial charge on any atom is 0.243 e. The largest absolute Gasteiger partial charge is 0.355 e. The highest BCUT2D eigenvalue weighted by Gasteiger charge is 2.29. The molecule has 0 aromatic heterocycles. The summed E-state index contributed by atoms with van der Waals surface area (Å²) in [5, 5.41) is 2.87. The van der Waals surface area contributed by atoms with Gasteiger partial charge in [0.25, 0.3) is 0 Å². The van der Waals surface area contributed by atoms with Gasteiger partial charge in [-0.25, -0.2) is 8.42 Å². The SMILES string of the molecule is CCN(CCNC(=O)CCC(=O)N1CCN(S(=O)(=O)c2ccccc2)CC1)C(C)C. The zero-order chi connectivity index (χ0) is 22.1. The lowest BCUT2D eigenvalue weighted by Crippen LogP contribution is -2.50. The lowest BCUT2D eigenvalue weighted by atomic mass is 10.2. The molecule has 1 aromatic carbocycles. The number of nitrogens with zero attached hydrogens (tertiary/aromatic N) is 3. The Hall–Kier alpha value is -1.97. The van der Waals surface area contributed by atoms with Crippen LogP contribution in [0.3, 0.4) is 0 Å². The third-order valence-electron chi connectivity index (χ3n) is 5.40. The highest BCUT2D eigenvalue weighted by atomic mass is 32.2. The lowest BCUT2D eigenvalue weighted by molar-refractivity contribution is -0.134. The molecule has 1 N–H and O–H groups in total. The quantitative estimate of drug-likeness (QED) is 0.592. The van der Waals surface area contributed by atoms with E-state index in [4.69, 9.17) is 0 Å². The van der Waals surface area contributed by atoms with Crippen LogP contribution in [0.4, 0.5) is 0 Å². The normalized spacial score (nSPS) is 15.6. The van der Waals surface area contributed by atoms with Gasteiger partial charge in [0.15, 0.2) is 0 Å². The average Bonchev–Trinajstić information content (AvgIpc) is 2.75. The van der Waals surface area contributed by atoms with E-state index in [1.807, 2.05) is 0 Å². The van der Waals surface area contributed by atoms with Gasteiger partial charge in [-0.15, -0.1) is 0 Å². The second-order valence-corrected chi connectivity index (χ2v) is 9.61. The maximum atomic E-state index is 12.7. The Morgan fingerprint density at radius 2 is 1.70 bits per heavy atom. The number of benzene rings is 1. The van der Waals surface area contributed by atoms with Gasteiger partial charge in [0.05, 0.1) is 4.90 Å². The minimum Gasteiger partial charge on any atom is -0.355 e. The molecule has 2 amide bonds. The van der Waals surface area contributed by atoms with E-state index >= 15 is 0 Å². The molecule has 1 saturated heterocycles. The summed E-state index contributed by atoms with van der Waals surface area (Å²) in [7, 11) is -3.54. The molecule has 8 nitrogen and oxygen atoms in total. The van der Waals surface area contributed by atoms with E-state index in [1.165, 1.54) is 4.31 Å². The fraction of sp³-hybridized carbons (Fsp3) is 0.619. The summed E-state index contributed by atoms with van der Waals surface area (Å²) >= 11 is 0. The first kappa shape index (κ1) is 24.3. The standard InChI is InChI=1S/C21H34N4O4S/c1-4-23(18(2)3)13-12-22-20(26)10-11-21(27)24-14-16-25(17-15-24)30(28,29)19-8-6-5-7-9-19/h5-9,18H,4,10-17H2,1-3H3,(H,22,26). The van der Waals surface area contributed by atoms with E-state index in [1.54, 1.807) is 35.2 Å². The van der Waals surface area contributed by atoms with Crippen molar-refractivity contribution in [2.24, 2.45) is 0 Å². The number of carbonyl (C=O) groups excluding carboxylic acids is 2. The van der Waals surface area contributed by atoms with Gasteiger partial charge in [0, 0.05) is 58.2 Å². The lowest BCUT2D eigenvalue weighted by Gasteiger charge is -2.34. The molecule has 168 valence electrons. The third-order valence-corrected chi connectivity index (χ3v) is 7.31. The highest BCUT2D eigenvalue weighted by Crippen LogP contribution is 2.17. The number of nitrogens with one attached hydrogen (secondary N) is 1. The van der Waals surface area contributed by atoms with Crippen molar-refractivity contribution in [3.05, 3.63) is 30.3 Å². The van der Waals surface area contributed by atoms with Crippen LogP contribution < -0.4 is 5.32 Å². The van der Waals surface area contributed by atoms with Crippen molar-refractivity contribution < 1.29 is 18.0 Å². The van der Waals surface area contributed by atoms with Crippen molar-refractivity contribution in [2.75, 3.05) is 45.8 Å². The minimum absolute atomic E-state index is 0.112. The molecule has 0 saturated carbocycles. The van der Waals surface area contributed by atoms with E-state index in [9.17, 15) is 18.0 Å². The number of sulfonamides is 1. The smallest absolute Gasteiger partial charge is 0.243 e. The van der Waals surface area contributed by atoms with Gasteiger partial charge in [-0.3, -0.25) is 14.5 Å². The summed E-state index contributed by atoms with van der Waals surface area (Å²) in [5.41, 5.74) is 0. The van der Waals surface area contributed by atoms with Crippen LogP contribution in [-0.4, -0.2) is 86.2 Å². The Morgan fingerprint density at radius 3 is 2.27 bits per heavy atom. The molecule has 2 rings (SSSR count). The van der Waals surface area contributed by atoms with Gasteiger partial charge in [0.1, 0.15) is 0 Å². The molecular weight excluding hydrogens is 404 g/mol. The van der Waals surface area contributed by atoms with Gasteiger partial charge in [0.2, 0.25) is 21.8 Å². The van der Waals surface area contributed by atoms with Crippen LogP contribution in [0.5, 0.6) is 0 Å². The predicted molar refractivity (Wildman–Crippen MR) is 116 cm³/mol. The summed E-state index contributed by atoms with van der Waals surface area (Å²) in [5.74, 6) is -0.243. The number of hydrogen-bond donors (Lipinski definition) is 1. The Labute approximate surface area is 180 Å². The molecule has 0 aliphatic carbocycles. The summed E-state index contributed by atoms with van der Waals surface area (Å²) in [6.45, 7) is 9.81. The second-order valence-electron chi connectivity index (χ2n) is 7.67. The minimum atomic E-state index is -3.54. The van der Waals surface area contributed by atoms with Gasteiger partial charge in [-0.2, -0.15) is 4.31 Å². The summed E-state index contributed by atoms with van der Waals surface area (Å²) in [6.07, 6.45) is 0.286. The first-order valence-electron chi connectivity index (χ1n) is 10.6. The van der Waals surface area contributed by atoms with Gasteiger partial charge in [-0.05, 0) is 32.5 Å². The average molecular weight is 439 g/mol. The van der Waals surface area contributed by atoms with Crippen LogP contribution in [-0.2, 0) is 19.6 Å². The van der Waals surface area contributed by atoms with Gasteiger partial charge in [-0.1, -0.05) is 25.1 Å². The predicted octanol–water partition coefficient (Wildman–Crippen LogP) is 1.15. The highest BCUT2D eigenvalue weighted by molar-refractivity contribution is 7.89. The Balaban J connectivity index is 1.72. The van der Waals surface area contributed by atoms with E-state index in [0.717, 1.165) is 13.1 Å². The van der Waals surface area contributed by atoms with Crippen LogP contribution in [0.25, 0.3) is 0 Å². The molecule has 1 aliphatic rings. The maximum absolute atomic E-state index is 12.7.